The number of hydrogen-bond acceptors (Lipinski definition) is 4. The number of ketones is 1. The zero-order chi connectivity index (χ0) is 22.2. The summed E-state index contributed by atoms with van der Waals surface area (Å²) >= 11 is 0. The van der Waals surface area contributed by atoms with Gasteiger partial charge < -0.3 is 10.6 Å². The molecule has 0 atom stereocenters. The van der Waals surface area contributed by atoms with E-state index in [1.165, 1.54) is 13.0 Å². The molecule has 6 nitrogen and oxygen atoms in total. The van der Waals surface area contributed by atoms with Gasteiger partial charge in [-0.2, -0.15) is 0 Å². The quantitative estimate of drug-likeness (QED) is 0.444. The second kappa shape index (κ2) is 10.1. The highest BCUT2D eigenvalue weighted by atomic mass is 16.2. The van der Waals surface area contributed by atoms with Crippen molar-refractivity contribution in [2.45, 2.75) is 20.3 Å². The van der Waals surface area contributed by atoms with Gasteiger partial charge in [0.2, 0.25) is 5.91 Å². The molecule has 2 amide bonds. The predicted molar refractivity (Wildman–Crippen MR) is 121 cm³/mol. The van der Waals surface area contributed by atoms with Crippen molar-refractivity contribution in [2.24, 2.45) is 0 Å². The lowest BCUT2D eigenvalue weighted by Gasteiger charge is -2.08. The Morgan fingerprint density at radius 2 is 1.32 bits per heavy atom. The molecule has 3 rings (SSSR count). The number of rotatable bonds is 7. The average molecular weight is 413 g/mol. The molecular formula is C25H23N3O3. The summed E-state index contributed by atoms with van der Waals surface area (Å²) in [5.74, 6) is -0.824. The number of benzene rings is 2. The van der Waals surface area contributed by atoms with Crippen LogP contribution < -0.4 is 10.6 Å². The minimum atomic E-state index is -0.420. The van der Waals surface area contributed by atoms with Crippen molar-refractivity contribution in [1.29, 1.82) is 0 Å². The first kappa shape index (κ1) is 21.6. The van der Waals surface area contributed by atoms with Crippen LogP contribution in [0, 0.1) is 0 Å². The third kappa shape index (κ3) is 6.47. The van der Waals surface area contributed by atoms with Crippen LogP contribution in [0.3, 0.4) is 0 Å². The smallest absolute Gasteiger partial charge is 0.251 e. The number of nitrogens with zero attached hydrogens (tertiary/aromatic N) is 1. The van der Waals surface area contributed by atoms with Crippen LogP contribution >= 0.6 is 0 Å². The molecule has 3 aromatic rings. The van der Waals surface area contributed by atoms with Crippen LogP contribution in [0.4, 0.5) is 11.4 Å². The highest BCUT2D eigenvalue weighted by molar-refractivity contribution is 6.10. The molecule has 0 saturated heterocycles. The lowest BCUT2D eigenvalue weighted by molar-refractivity contribution is -0.114. The number of anilines is 2. The van der Waals surface area contributed by atoms with E-state index >= 15 is 0 Å². The maximum atomic E-state index is 12.4. The van der Waals surface area contributed by atoms with Gasteiger partial charge >= 0.3 is 0 Å². The second-order valence-electron chi connectivity index (χ2n) is 7.13. The van der Waals surface area contributed by atoms with E-state index < -0.39 is 5.91 Å². The first-order valence-electron chi connectivity index (χ1n) is 9.80. The number of aromatic nitrogens is 1. The van der Waals surface area contributed by atoms with Crippen LogP contribution in [0.2, 0.25) is 0 Å². The van der Waals surface area contributed by atoms with Crippen LogP contribution in [0.15, 0.2) is 84.7 Å². The fourth-order valence-electron chi connectivity index (χ4n) is 2.90. The van der Waals surface area contributed by atoms with Crippen molar-refractivity contribution in [3.8, 4) is 0 Å². The van der Waals surface area contributed by atoms with Crippen molar-refractivity contribution in [1.82, 2.24) is 4.98 Å². The molecule has 0 fully saturated rings. The van der Waals surface area contributed by atoms with E-state index in [1.54, 1.807) is 43.6 Å². The van der Waals surface area contributed by atoms with Crippen LogP contribution in [-0.2, 0) is 16.0 Å². The summed E-state index contributed by atoms with van der Waals surface area (Å²) in [4.78, 5) is 39.9. The predicted octanol–water partition coefficient (Wildman–Crippen LogP) is 4.40. The number of nitrogens with one attached hydrogen (secondary N) is 2. The zero-order valence-corrected chi connectivity index (χ0v) is 17.4. The molecule has 2 N–H and O–H groups in total. The van der Waals surface area contributed by atoms with Gasteiger partial charge in [0.15, 0.2) is 5.78 Å². The molecule has 0 bridgehead atoms. The molecule has 156 valence electrons. The Kier molecular flexibility index (Phi) is 7.06. The normalized spacial score (nSPS) is 11.0. The van der Waals surface area contributed by atoms with Crippen molar-refractivity contribution < 1.29 is 14.4 Å². The minimum absolute atomic E-state index is 0.0457. The fraction of sp³-hybridized carbons (Fsp3) is 0.120. The molecule has 0 radical (unpaired) electrons. The van der Waals surface area contributed by atoms with Crippen LogP contribution in [-0.4, -0.2) is 22.6 Å². The van der Waals surface area contributed by atoms with E-state index in [0.29, 0.717) is 16.9 Å². The lowest BCUT2D eigenvalue weighted by Crippen LogP contribution is -2.16. The molecule has 6 heteroatoms. The maximum absolute atomic E-state index is 12.4. The zero-order valence-electron chi connectivity index (χ0n) is 17.4. The van der Waals surface area contributed by atoms with E-state index in [2.05, 4.69) is 15.6 Å². The number of hydrogen-bond donors (Lipinski definition) is 2. The number of amides is 2. The molecule has 0 aliphatic heterocycles. The first-order valence-corrected chi connectivity index (χ1v) is 9.80. The highest BCUT2D eigenvalue weighted by Crippen LogP contribution is 2.15. The maximum Gasteiger partial charge on any atom is 0.251 e. The topological polar surface area (TPSA) is 88.2 Å². The Morgan fingerprint density at radius 1 is 0.774 bits per heavy atom. The number of carbonyl (C=O) groups is 3. The highest BCUT2D eigenvalue weighted by Gasteiger charge is 2.08. The lowest BCUT2D eigenvalue weighted by atomic mass is 10.1. The summed E-state index contributed by atoms with van der Waals surface area (Å²) in [6.07, 6.45) is 5.54. The number of carbonyl (C=O) groups excluding carboxylic acids is 3. The third-order valence-corrected chi connectivity index (χ3v) is 4.63. The molecule has 0 aliphatic rings. The van der Waals surface area contributed by atoms with Crippen LogP contribution in [0.25, 0.3) is 0 Å². The fourth-order valence-corrected chi connectivity index (χ4v) is 2.90. The summed E-state index contributed by atoms with van der Waals surface area (Å²) in [5, 5.41) is 5.46. The van der Waals surface area contributed by atoms with Crippen molar-refractivity contribution in [3.63, 3.8) is 0 Å². The van der Waals surface area contributed by atoms with Gasteiger partial charge in [-0.05, 0) is 79.9 Å². The number of Topliss-reactive ketones (excluding diaryl/α,β-unsaturated/α-hetero) is 1. The van der Waals surface area contributed by atoms with Crippen molar-refractivity contribution in [2.75, 3.05) is 10.6 Å². The molecule has 0 spiro atoms. The van der Waals surface area contributed by atoms with Gasteiger partial charge in [-0.15, -0.1) is 0 Å². The second-order valence-corrected chi connectivity index (χ2v) is 7.13. The van der Waals surface area contributed by atoms with E-state index in [0.717, 1.165) is 17.5 Å². The molecule has 1 aromatic heterocycles. The Balaban J connectivity index is 1.55. The van der Waals surface area contributed by atoms with Crippen molar-refractivity contribution in [3.05, 3.63) is 101 Å². The van der Waals surface area contributed by atoms with E-state index in [4.69, 9.17) is 0 Å². The van der Waals surface area contributed by atoms with Gasteiger partial charge in [-0.25, -0.2) is 0 Å². The van der Waals surface area contributed by atoms with Crippen molar-refractivity contribution >= 4 is 29.0 Å². The van der Waals surface area contributed by atoms with E-state index in [9.17, 15) is 14.4 Å². The largest absolute Gasteiger partial charge is 0.323 e. The molecule has 2 aromatic carbocycles. The van der Waals surface area contributed by atoms with E-state index in [-0.39, 0.29) is 17.3 Å². The molecule has 0 unspecified atom stereocenters. The third-order valence-electron chi connectivity index (χ3n) is 4.63. The van der Waals surface area contributed by atoms with Crippen LogP contribution in [0.5, 0.6) is 0 Å². The molecule has 1 heterocycles. The summed E-state index contributed by atoms with van der Waals surface area (Å²) < 4.78 is 0. The van der Waals surface area contributed by atoms with Crippen LogP contribution in [0.1, 0.15) is 35.3 Å². The monoisotopic (exact) mass is 413 g/mol. The Morgan fingerprint density at radius 3 is 1.94 bits per heavy atom. The Labute approximate surface area is 181 Å². The molecule has 0 aliphatic carbocycles. The summed E-state index contributed by atoms with van der Waals surface area (Å²) in [5.41, 5.74) is 4.31. The average Bonchev–Trinajstić information content (AvgIpc) is 2.76. The van der Waals surface area contributed by atoms with Gasteiger partial charge in [0.25, 0.3) is 5.91 Å². The summed E-state index contributed by atoms with van der Waals surface area (Å²) in [6.45, 7) is 3.05. The Hall–Kier alpha value is -4.06. The number of pyridine rings is 1. The van der Waals surface area contributed by atoms with Gasteiger partial charge in [0, 0.05) is 41.0 Å². The van der Waals surface area contributed by atoms with E-state index in [1.807, 2.05) is 36.4 Å². The Bertz CT molecular complexity index is 1100. The van der Waals surface area contributed by atoms with Gasteiger partial charge in [-0.3, -0.25) is 19.4 Å². The first-order chi connectivity index (χ1) is 14.9. The molecule has 0 saturated carbocycles. The minimum Gasteiger partial charge on any atom is -0.323 e. The summed E-state index contributed by atoms with van der Waals surface area (Å²) in [6, 6.07) is 18.1. The summed E-state index contributed by atoms with van der Waals surface area (Å²) in [7, 11) is 0. The van der Waals surface area contributed by atoms with Gasteiger partial charge in [-0.1, -0.05) is 12.1 Å². The molecule has 31 heavy (non-hydrogen) atoms. The standard InChI is InChI=1S/C25H23N3O3/c1-17(15-24(30)27-22-9-5-21(6-10-22)18(2)29)25(31)28-23-7-3-19(4-8-23)16-20-11-13-26-14-12-20/h3-15H,16H2,1-2H3,(H,27,30)(H,28,31)/b17-15-. The SMILES string of the molecule is CC(=O)c1ccc(NC(=O)/C=C(/C)C(=O)Nc2ccc(Cc3ccncc3)cc2)cc1. The van der Waals surface area contributed by atoms with Gasteiger partial charge in [0.1, 0.15) is 0 Å². The molecular weight excluding hydrogens is 390 g/mol. The van der Waals surface area contributed by atoms with Gasteiger partial charge in [0.05, 0.1) is 0 Å².